The van der Waals surface area contributed by atoms with Crippen LogP contribution in [0.25, 0.3) is 0 Å². The molecule has 0 radical (unpaired) electrons. The van der Waals surface area contributed by atoms with Crippen LogP contribution in [-0.4, -0.2) is 25.2 Å². The van der Waals surface area contributed by atoms with Crippen molar-refractivity contribution >= 4 is 5.97 Å². The van der Waals surface area contributed by atoms with E-state index < -0.39 is 0 Å². The molecule has 1 saturated carbocycles. The van der Waals surface area contributed by atoms with Crippen molar-refractivity contribution in [1.29, 1.82) is 0 Å². The Bertz CT molecular complexity index is 238. The van der Waals surface area contributed by atoms with Gasteiger partial charge in [-0.15, -0.1) is 0 Å². The molecule has 0 amide bonds. The van der Waals surface area contributed by atoms with Gasteiger partial charge in [0.05, 0.1) is 13.5 Å². The lowest BCUT2D eigenvalue weighted by Crippen LogP contribution is -2.48. The fourth-order valence-corrected chi connectivity index (χ4v) is 2.54. The van der Waals surface area contributed by atoms with Crippen LogP contribution in [0.2, 0.25) is 0 Å². The minimum absolute atomic E-state index is 0.131. The smallest absolute Gasteiger partial charge is 0.307 e. The van der Waals surface area contributed by atoms with E-state index >= 15 is 0 Å². The molecule has 0 saturated heterocycles. The number of methoxy groups -OCH3 is 1. The first-order chi connectivity index (χ1) is 7.45. The van der Waals surface area contributed by atoms with Crippen LogP contribution in [0.1, 0.15) is 52.9 Å². The van der Waals surface area contributed by atoms with Gasteiger partial charge in [0, 0.05) is 12.1 Å². The minimum atomic E-state index is -0.131. The Morgan fingerprint density at radius 3 is 2.75 bits per heavy atom. The van der Waals surface area contributed by atoms with Crippen molar-refractivity contribution in [2.45, 2.75) is 65.0 Å². The molecule has 1 rings (SSSR count). The van der Waals surface area contributed by atoms with E-state index in [4.69, 9.17) is 0 Å². The molecule has 1 aliphatic carbocycles. The number of ether oxygens (including phenoxy) is 1. The van der Waals surface area contributed by atoms with Crippen LogP contribution in [0.15, 0.2) is 0 Å². The second-order valence-electron chi connectivity index (χ2n) is 5.63. The van der Waals surface area contributed by atoms with Crippen molar-refractivity contribution in [3.8, 4) is 0 Å². The third kappa shape index (κ3) is 3.78. The largest absolute Gasteiger partial charge is 0.469 e. The highest BCUT2D eigenvalue weighted by atomic mass is 16.5. The van der Waals surface area contributed by atoms with Gasteiger partial charge < -0.3 is 10.1 Å². The van der Waals surface area contributed by atoms with Gasteiger partial charge in [-0.05, 0) is 25.2 Å². The highest BCUT2D eigenvalue weighted by Gasteiger charge is 2.32. The third-order valence-electron chi connectivity index (χ3n) is 3.69. The number of rotatable bonds is 4. The Kier molecular flexibility index (Phi) is 4.78. The standard InChI is InChI=1S/C13H25NO2/c1-10(9-12(15)16-4)14-11-7-5-6-8-13(11,2)3/h10-11,14H,5-9H2,1-4H3. The van der Waals surface area contributed by atoms with Crippen molar-refractivity contribution in [2.24, 2.45) is 5.41 Å². The molecule has 0 aromatic carbocycles. The van der Waals surface area contributed by atoms with Gasteiger partial charge in [-0.1, -0.05) is 26.7 Å². The van der Waals surface area contributed by atoms with Gasteiger partial charge in [-0.2, -0.15) is 0 Å². The summed E-state index contributed by atoms with van der Waals surface area (Å²) >= 11 is 0. The van der Waals surface area contributed by atoms with Crippen LogP contribution in [0.3, 0.4) is 0 Å². The van der Waals surface area contributed by atoms with E-state index in [1.54, 1.807) is 0 Å². The molecule has 1 fully saturated rings. The van der Waals surface area contributed by atoms with Gasteiger partial charge in [0.15, 0.2) is 0 Å². The molecule has 0 aromatic heterocycles. The predicted octanol–water partition coefficient (Wildman–Crippen LogP) is 2.50. The van der Waals surface area contributed by atoms with Crippen LogP contribution >= 0.6 is 0 Å². The molecule has 3 heteroatoms. The maximum atomic E-state index is 11.2. The number of nitrogens with one attached hydrogen (secondary N) is 1. The van der Waals surface area contributed by atoms with Crippen molar-refractivity contribution in [3.63, 3.8) is 0 Å². The van der Waals surface area contributed by atoms with E-state index in [1.807, 2.05) is 0 Å². The maximum absolute atomic E-state index is 11.2. The van der Waals surface area contributed by atoms with Gasteiger partial charge in [-0.3, -0.25) is 4.79 Å². The second-order valence-corrected chi connectivity index (χ2v) is 5.63. The summed E-state index contributed by atoms with van der Waals surface area (Å²) in [5.41, 5.74) is 0.350. The molecule has 2 unspecified atom stereocenters. The van der Waals surface area contributed by atoms with Crippen LogP contribution in [-0.2, 0) is 9.53 Å². The van der Waals surface area contributed by atoms with E-state index in [9.17, 15) is 4.79 Å². The Morgan fingerprint density at radius 1 is 1.50 bits per heavy atom. The molecule has 16 heavy (non-hydrogen) atoms. The van der Waals surface area contributed by atoms with E-state index in [0.717, 1.165) is 0 Å². The van der Waals surface area contributed by atoms with Crippen molar-refractivity contribution in [3.05, 3.63) is 0 Å². The van der Waals surface area contributed by atoms with Gasteiger partial charge in [0.2, 0.25) is 0 Å². The fraction of sp³-hybridized carbons (Fsp3) is 0.923. The molecule has 1 N–H and O–H groups in total. The summed E-state index contributed by atoms with van der Waals surface area (Å²) in [4.78, 5) is 11.2. The lowest BCUT2D eigenvalue weighted by atomic mass is 9.73. The van der Waals surface area contributed by atoms with Crippen LogP contribution in [0.5, 0.6) is 0 Å². The Morgan fingerprint density at radius 2 is 2.19 bits per heavy atom. The Balaban J connectivity index is 2.42. The van der Waals surface area contributed by atoms with E-state index in [-0.39, 0.29) is 12.0 Å². The number of hydrogen-bond acceptors (Lipinski definition) is 3. The number of carbonyl (C=O) groups is 1. The molecule has 0 heterocycles. The number of esters is 1. The lowest BCUT2D eigenvalue weighted by molar-refractivity contribution is -0.141. The van der Waals surface area contributed by atoms with Crippen LogP contribution in [0, 0.1) is 5.41 Å². The SMILES string of the molecule is COC(=O)CC(C)NC1CCCCC1(C)C. The quantitative estimate of drug-likeness (QED) is 0.750. The zero-order chi connectivity index (χ0) is 12.2. The first-order valence-electron chi connectivity index (χ1n) is 6.28. The summed E-state index contributed by atoms with van der Waals surface area (Å²) in [5, 5.41) is 3.57. The summed E-state index contributed by atoms with van der Waals surface area (Å²) in [6, 6.07) is 0.732. The summed E-state index contributed by atoms with van der Waals surface area (Å²) in [7, 11) is 1.44. The van der Waals surface area contributed by atoms with Gasteiger partial charge >= 0.3 is 5.97 Å². The molecule has 0 aromatic rings. The summed E-state index contributed by atoms with van der Waals surface area (Å²) in [6.07, 6.45) is 5.58. The van der Waals surface area contributed by atoms with Gasteiger partial charge in [0.1, 0.15) is 0 Å². The molecule has 0 aliphatic heterocycles. The molecule has 1 aliphatic rings. The average Bonchev–Trinajstić information content (AvgIpc) is 2.21. The van der Waals surface area contributed by atoms with Crippen LogP contribution in [0.4, 0.5) is 0 Å². The van der Waals surface area contributed by atoms with Crippen molar-refractivity contribution < 1.29 is 9.53 Å². The van der Waals surface area contributed by atoms with Gasteiger partial charge in [0.25, 0.3) is 0 Å². The average molecular weight is 227 g/mol. The van der Waals surface area contributed by atoms with Crippen molar-refractivity contribution in [2.75, 3.05) is 7.11 Å². The zero-order valence-electron chi connectivity index (χ0n) is 11.0. The Hall–Kier alpha value is -0.570. The molecular weight excluding hydrogens is 202 g/mol. The molecule has 94 valence electrons. The van der Waals surface area contributed by atoms with Crippen LogP contribution < -0.4 is 5.32 Å². The first kappa shape index (κ1) is 13.5. The topological polar surface area (TPSA) is 38.3 Å². The number of hydrogen-bond donors (Lipinski definition) is 1. The zero-order valence-corrected chi connectivity index (χ0v) is 11.0. The summed E-state index contributed by atoms with van der Waals surface area (Å²) in [6.45, 7) is 6.69. The van der Waals surface area contributed by atoms with Gasteiger partial charge in [-0.25, -0.2) is 0 Å². The minimum Gasteiger partial charge on any atom is -0.469 e. The third-order valence-corrected chi connectivity index (χ3v) is 3.69. The van der Waals surface area contributed by atoms with E-state index in [0.29, 0.717) is 17.9 Å². The molecular formula is C13H25NO2. The molecule has 2 atom stereocenters. The highest BCUT2D eigenvalue weighted by molar-refractivity contribution is 5.69. The normalized spacial score (nSPS) is 26.1. The number of carbonyl (C=O) groups excluding carboxylic acids is 1. The second kappa shape index (κ2) is 5.67. The monoisotopic (exact) mass is 227 g/mol. The molecule has 3 nitrogen and oxygen atoms in total. The lowest BCUT2D eigenvalue weighted by Gasteiger charge is -2.40. The first-order valence-corrected chi connectivity index (χ1v) is 6.28. The summed E-state index contributed by atoms with van der Waals surface area (Å²) in [5.74, 6) is -0.131. The maximum Gasteiger partial charge on any atom is 0.307 e. The Labute approximate surface area is 98.9 Å². The summed E-state index contributed by atoms with van der Waals surface area (Å²) < 4.78 is 4.68. The fourth-order valence-electron chi connectivity index (χ4n) is 2.54. The molecule has 0 bridgehead atoms. The van der Waals surface area contributed by atoms with Crippen molar-refractivity contribution in [1.82, 2.24) is 5.32 Å². The molecule has 0 spiro atoms. The highest BCUT2D eigenvalue weighted by Crippen LogP contribution is 2.35. The van der Waals surface area contributed by atoms with E-state index in [2.05, 4.69) is 30.8 Å². The van der Waals surface area contributed by atoms with E-state index in [1.165, 1.54) is 32.8 Å². The predicted molar refractivity (Wildman–Crippen MR) is 65.3 cm³/mol.